The van der Waals surface area contributed by atoms with Crippen LogP contribution in [0.5, 0.6) is 5.75 Å². The van der Waals surface area contributed by atoms with Gasteiger partial charge in [0.1, 0.15) is 10.6 Å². The topological polar surface area (TPSA) is 77.7 Å². The van der Waals surface area contributed by atoms with Crippen molar-refractivity contribution in [1.82, 2.24) is 9.88 Å². The molecule has 3 fully saturated rings. The van der Waals surface area contributed by atoms with E-state index in [-0.39, 0.29) is 17.9 Å². The summed E-state index contributed by atoms with van der Waals surface area (Å²) in [5.74, 6) is 0.946. The number of allylic oxidation sites excluding steroid dienone is 1. The lowest BCUT2D eigenvalue weighted by molar-refractivity contribution is -0.118. The molecule has 2 aromatic heterocycles. The average molecular weight is 496 g/mol. The van der Waals surface area contributed by atoms with Crippen molar-refractivity contribution in [3.63, 3.8) is 0 Å². The highest BCUT2D eigenvalue weighted by atomic mass is 32.1. The molecule has 7 heteroatoms. The molecule has 0 radical (unpaired) electrons. The summed E-state index contributed by atoms with van der Waals surface area (Å²) in [6, 6.07) is 2.83. The molecule has 3 aliphatic carbocycles. The zero-order chi connectivity index (χ0) is 23.8. The van der Waals surface area contributed by atoms with Crippen LogP contribution >= 0.6 is 11.3 Å². The van der Waals surface area contributed by atoms with Gasteiger partial charge in [-0.2, -0.15) is 0 Å². The largest absolute Gasteiger partial charge is 0.490 e. The van der Waals surface area contributed by atoms with Crippen molar-refractivity contribution in [2.45, 2.75) is 88.7 Å². The molecule has 6 nitrogen and oxygen atoms in total. The van der Waals surface area contributed by atoms with Gasteiger partial charge in [-0.05, 0) is 81.8 Å². The first-order valence-electron chi connectivity index (χ1n) is 13.6. The molecule has 2 aromatic rings. The second kappa shape index (κ2) is 10.2. The number of morpholine rings is 1. The number of rotatable bonds is 6. The van der Waals surface area contributed by atoms with E-state index in [2.05, 4.69) is 17.0 Å². The third kappa shape index (κ3) is 5.00. The molecule has 1 atom stereocenters. The Bertz CT molecular complexity index is 1100. The average Bonchev–Trinajstić information content (AvgIpc) is 3.58. The van der Waals surface area contributed by atoms with Gasteiger partial charge in [0.25, 0.3) is 0 Å². The van der Waals surface area contributed by atoms with Crippen molar-refractivity contribution in [2.75, 3.05) is 26.3 Å². The number of pyridine rings is 1. The maximum absolute atomic E-state index is 11.8. The van der Waals surface area contributed by atoms with Gasteiger partial charge in [0, 0.05) is 36.5 Å². The summed E-state index contributed by atoms with van der Waals surface area (Å²) < 4.78 is 12.4. The van der Waals surface area contributed by atoms with Crippen molar-refractivity contribution in [1.29, 1.82) is 0 Å². The fourth-order valence-electron chi connectivity index (χ4n) is 6.66. The SMILES string of the molecule is NC(=O)C[C@H]1CCc2sc3nc(C=C4CCCC4)cc(O[C@H]4CC[C@H](N5CCOCC5)CC4)c3c21. The number of carbonyl (C=O) groups is 1. The van der Waals surface area contributed by atoms with Crippen LogP contribution in [0.3, 0.4) is 0 Å². The number of thiophene rings is 1. The first-order valence-corrected chi connectivity index (χ1v) is 14.4. The molecule has 6 rings (SSSR count). The van der Waals surface area contributed by atoms with Crippen molar-refractivity contribution in [3.05, 3.63) is 27.8 Å². The quantitative estimate of drug-likeness (QED) is 0.597. The Morgan fingerprint density at radius 1 is 1.14 bits per heavy atom. The van der Waals surface area contributed by atoms with Crippen molar-refractivity contribution in [2.24, 2.45) is 5.73 Å². The fourth-order valence-corrected chi connectivity index (χ4v) is 7.96. The van der Waals surface area contributed by atoms with Crippen molar-refractivity contribution < 1.29 is 14.3 Å². The predicted octanol–water partition coefficient (Wildman–Crippen LogP) is 5.18. The van der Waals surface area contributed by atoms with Gasteiger partial charge in [-0.3, -0.25) is 9.69 Å². The minimum Gasteiger partial charge on any atom is -0.490 e. The number of nitrogens with two attached hydrogens (primary N) is 1. The van der Waals surface area contributed by atoms with Crippen molar-refractivity contribution in [3.8, 4) is 5.75 Å². The molecule has 0 aromatic carbocycles. The van der Waals surface area contributed by atoms with Crippen LogP contribution in [0.25, 0.3) is 16.3 Å². The molecule has 4 aliphatic rings. The number of aryl methyl sites for hydroxylation is 1. The van der Waals surface area contributed by atoms with Gasteiger partial charge in [0.2, 0.25) is 5.91 Å². The Morgan fingerprint density at radius 2 is 1.91 bits per heavy atom. The van der Waals surface area contributed by atoms with E-state index in [9.17, 15) is 4.79 Å². The molecule has 1 saturated heterocycles. The standard InChI is InChI=1S/C28H37N3O3S/c29-25(32)16-19-5-10-24-26(19)27-23(17-20(30-28(27)35-24)15-18-3-1-2-4-18)34-22-8-6-21(7-9-22)31-11-13-33-14-12-31/h15,17,19,21-22H,1-14,16H2,(H2,29,32)/t19-,21-,22-/m1/s1. The van der Waals surface area contributed by atoms with Crippen molar-refractivity contribution >= 4 is 33.5 Å². The normalized spacial score (nSPS) is 27.3. The number of nitrogens with zero attached hydrogens (tertiary/aromatic N) is 2. The zero-order valence-electron chi connectivity index (χ0n) is 20.6. The number of hydrogen-bond donors (Lipinski definition) is 1. The van der Waals surface area contributed by atoms with Crippen LogP contribution in [0.4, 0.5) is 0 Å². The van der Waals surface area contributed by atoms with Crippen LogP contribution in [0.15, 0.2) is 11.6 Å². The number of hydrogen-bond acceptors (Lipinski definition) is 6. The Hall–Kier alpha value is -1.96. The zero-order valence-corrected chi connectivity index (χ0v) is 21.4. The first kappa shape index (κ1) is 23.4. The second-order valence-corrected chi connectivity index (χ2v) is 11.9. The lowest BCUT2D eigenvalue weighted by Gasteiger charge is -2.38. The Balaban J connectivity index is 1.28. The Kier molecular flexibility index (Phi) is 6.82. The van der Waals surface area contributed by atoms with Gasteiger partial charge in [0.15, 0.2) is 0 Å². The summed E-state index contributed by atoms with van der Waals surface area (Å²) in [4.78, 5) is 21.9. The van der Waals surface area contributed by atoms with Gasteiger partial charge in [-0.1, -0.05) is 5.57 Å². The molecule has 188 valence electrons. The summed E-state index contributed by atoms with van der Waals surface area (Å²) in [7, 11) is 0. The number of ether oxygens (including phenoxy) is 2. The highest BCUT2D eigenvalue weighted by Gasteiger charge is 2.33. The number of carbonyl (C=O) groups excluding carboxylic acids is 1. The summed E-state index contributed by atoms with van der Waals surface area (Å²) in [6.07, 6.45) is 14.4. The molecule has 1 aliphatic heterocycles. The number of amides is 1. The first-order chi connectivity index (χ1) is 17.1. The van der Waals surface area contributed by atoms with Crippen LogP contribution < -0.4 is 10.5 Å². The van der Waals surface area contributed by atoms with E-state index in [4.69, 9.17) is 20.2 Å². The van der Waals surface area contributed by atoms with Crippen LogP contribution in [-0.4, -0.2) is 54.2 Å². The number of aromatic nitrogens is 1. The van der Waals surface area contributed by atoms with E-state index >= 15 is 0 Å². The van der Waals surface area contributed by atoms with E-state index in [0.717, 1.165) is 73.6 Å². The van der Waals surface area contributed by atoms with E-state index < -0.39 is 0 Å². The third-order valence-corrected chi connectivity index (χ3v) is 9.59. The lowest BCUT2D eigenvalue weighted by atomic mass is 9.91. The molecule has 3 heterocycles. The van der Waals surface area contributed by atoms with E-state index in [1.807, 2.05) is 0 Å². The van der Waals surface area contributed by atoms with Gasteiger partial charge in [-0.25, -0.2) is 4.98 Å². The minimum atomic E-state index is -0.221. The van der Waals surface area contributed by atoms with Crippen LogP contribution in [0.2, 0.25) is 0 Å². The van der Waals surface area contributed by atoms with Crippen LogP contribution in [-0.2, 0) is 16.0 Å². The van der Waals surface area contributed by atoms with Crippen LogP contribution in [0, 0.1) is 0 Å². The predicted molar refractivity (Wildman–Crippen MR) is 140 cm³/mol. The van der Waals surface area contributed by atoms with E-state index in [1.165, 1.54) is 54.5 Å². The second-order valence-electron chi connectivity index (χ2n) is 10.8. The summed E-state index contributed by atoms with van der Waals surface area (Å²) in [5, 5.41) is 1.15. The molecule has 2 N–H and O–H groups in total. The highest BCUT2D eigenvalue weighted by Crippen LogP contribution is 2.48. The lowest BCUT2D eigenvalue weighted by Crippen LogP contribution is -2.46. The highest BCUT2D eigenvalue weighted by molar-refractivity contribution is 7.19. The summed E-state index contributed by atoms with van der Waals surface area (Å²) in [6.45, 7) is 3.84. The summed E-state index contributed by atoms with van der Waals surface area (Å²) >= 11 is 1.79. The molecule has 0 bridgehead atoms. The molecular weight excluding hydrogens is 458 g/mol. The van der Waals surface area contributed by atoms with E-state index in [1.54, 1.807) is 11.3 Å². The molecule has 35 heavy (non-hydrogen) atoms. The van der Waals surface area contributed by atoms with Gasteiger partial charge < -0.3 is 15.2 Å². The van der Waals surface area contributed by atoms with Gasteiger partial charge in [0.05, 0.1) is 30.4 Å². The molecule has 0 unspecified atom stereocenters. The Morgan fingerprint density at radius 3 is 2.66 bits per heavy atom. The van der Waals surface area contributed by atoms with Gasteiger partial charge in [-0.15, -0.1) is 11.3 Å². The van der Waals surface area contributed by atoms with E-state index in [0.29, 0.717) is 12.5 Å². The number of fused-ring (bicyclic) bond motifs is 3. The molecular formula is C28H37N3O3S. The monoisotopic (exact) mass is 495 g/mol. The fraction of sp³-hybridized carbons (Fsp3) is 0.643. The van der Waals surface area contributed by atoms with Gasteiger partial charge >= 0.3 is 0 Å². The smallest absolute Gasteiger partial charge is 0.218 e. The maximum Gasteiger partial charge on any atom is 0.218 e. The molecule has 2 saturated carbocycles. The number of primary amides is 1. The third-order valence-electron chi connectivity index (χ3n) is 8.43. The Labute approximate surface area is 211 Å². The molecule has 1 amide bonds. The molecule has 0 spiro atoms. The van der Waals surface area contributed by atoms with Crippen LogP contribution in [0.1, 0.15) is 86.3 Å². The maximum atomic E-state index is 11.8. The summed E-state index contributed by atoms with van der Waals surface area (Å²) in [5.41, 5.74) is 9.43. The minimum absolute atomic E-state index is 0.191.